The highest BCUT2D eigenvalue weighted by Crippen LogP contribution is 2.16. The number of rotatable bonds is 7. The molecule has 0 amide bonds. The van der Waals surface area contributed by atoms with Crippen molar-refractivity contribution in [3.63, 3.8) is 0 Å². The molecule has 1 unspecified atom stereocenters. The number of nitrogens with zero attached hydrogens (tertiary/aromatic N) is 2. The fourth-order valence-electron chi connectivity index (χ4n) is 1.92. The summed E-state index contributed by atoms with van der Waals surface area (Å²) in [7, 11) is 0. The molecule has 1 heterocycles. The van der Waals surface area contributed by atoms with Crippen molar-refractivity contribution in [3.8, 4) is 0 Å². The van der Waals surface area contributed by atoms with Gasteiger partial charge in [-0.25, -0.2) is 4.98 Å². The van der Waals surface area contributed by atoms with E-state index in [1.54, 1.807) is 0 Å². The molecule has 0 saturated heterocycles. The molecule has 1 N–H and O–H groups in total. The maximum atomic E-state index is 4.47. The number of aryl methyl sites for hydroxylation is 1. The fraction of sp³-hybridized carbons (Fsp3) is 0.750. The Morgan fingerprint density at radius 1 is 1.33 bits per heavy atom. The largest absolute Gasteiger partial charge is 0.334 e. The molecule has 0 aliphatic rings. The van der Waals surface area contributed by atoms with Gasteiger partial charge < -0.3 is 9.88 Å². The van der Waals surface area contributed by atoms with Gasteiger partial charge in [0.25, 0.3) is 0 Å². The highest BCUT2D eigenvalue weighted by atomic mass is 15.1. The van der Waals surface area contributed by atoms with Crippen LogP contribution in [-0.2, 0) is 6.54 Å². The van der Waals surface area contributed by atoms with Gasteiger partial charge in [-0.05, 0) is 19.4 Å². The normalized spacial score (nSPS) is 13.0. The Kier molecular flexibility index (Phi) is 5.40. The number of nitrogens with one attached hydrogen (secondary N) is 1. The second kappa shape index (κ2) is 6.62. The Morgan fingerprint density at radius 3 is 2.73 bits per heavy atom. The van der Waals surface area contributed by atoms with Gasteiger partial charge in [-0.15, -0.1) is 0 Å². The third-order valence-electron chi connectivity index (χ3n) is 2.55. The van der Waals surface area contributed by atoms with E-state index in [0.29, 0.717) is 6.04 Å². The molecule has 86 valence electrons. The zero-order valence-electron chi connectivity index (χ0n) is 10.2. The Labute approximate surface area is 92.9 Å². The van der Waals surface area contributed by atoms with Gasteiger partial charge in [0.05, 0.1) is 6.04 Å². The minimum absolute atomic E-state index is 0.418. The summed E-state index contributed by atoms with van der Waals surface area (Å²) in [4.78, 5) is 4.47. The molecular weight excluding hydrogens is 186 g/mol. The van der Waals surface area contributed by atoms with Crippen molar-refractivity contribution in [1.82, 2.24) is 14.9 Å². The lowest BCUT2D eigenvalue weighted by Gasteiger charge is -2.18. The number of imidazole rings is 1. The van der Waals surface area contributed by atoms with Crippen LogP contribution in [0.5, 0.6) is 0 Å². The highest BCUT2D eigenvalue weighted by Gasteiger charge is 2.14. The zero-order valence-corrected chi connectivity index (χ0v) is 10.2. The van der Waals surface area contributed by atoms with Crippen molar-refractivity contribution in [1.29, 1.82) is 0 Å². The fourth-order valence-corrected chi connectivity index (χ4v) is 1.92. The molecule has 0 aliphatic heterocycles. The average Bonchev–Trinajstić information content (AvgIpc) is 2.66. The molecule has 0 spiro atoms. The molecule has 1 atom stereocenters. The first-order valence-electron chi connectivity index (χ1n) is 6.07. The van der Waals surface area contributed by atoms with Crippen LogP contribution in [0.2, 0.25) is 0 Å². The van der Waals surface area contributed by atoms with Crippen LogP contribution in [0, 0.1) is 0 Å². The van der Waals surface area contributed by atoms with Gasteiger partial charge in [-0.3, -0.25) is 0 Å². The van der Waals surface area contributed by atoms with Crippen molar-refractivity contribution in [2.75, 3.05) is 6.54 Å². The van der Waals surface area contributed by atoms with E-state index >= 15 is 0 Å². The van der Waals surface area contributed by atoms with E-state index < -0.39 is 0 Å². The van der Waals surface area contributed by atoms with E-state index in [-0.39, 0.29) is 0 Å². The van der Waals surface area contributed by atoms with E-state index in [0.717, 1.165) is 25.9 Å². The van der Waals surface area contributed by atoms with E-state index in [2.05, 4.69) is 41.8 Å². The second-order valence-corrected chi connectivity index (χ2v) is 3.88. The first-order valence-corrected chi connectivity index (χ1v) is 6.07. The zero-order chi connectivity index (χ0) is 11.1. The van der Waals surface area contributed by atoms with Crippen LogP contribution < -0.4 is 5.32 Å². The highest BCUT2D eigenvalue weighted by molar-refractivity contribution is 4.99. The van der Waals surface area contributed by atoms with Crippen molar-refractivity contribution >= 4 is 0 Å². The van der Waals surface area contributed by atoms with Gasteiger partial charge in [0.1, 0.15) is 5.82 Å². The summed E-state index contributed by atoms with van der Waals surface area (Å²) in [6.07, 6.45) is 7.50. The first kappa shape index (κ1) is 12.2. The number of hydrogen-bond acceptors (Lipinski definition) is 2. The molecule has 0 fully saturated rings. The number of aromatic nitrogens is 2. The van der Waals surface area contributed by atoms with Gasteiger partial charge in [0, 0.05) is 18.9 Å². The molecule has 1 rings (SSSR count). The smallest absolute Gasteiger partial charge is 0.125 e. The lowest BCUT2D eigenvalue weighted by molar-refractivity contribution is 0.459. The molecular formula is C12H23N3. The van der Waals surface area contributed by atoms with E-state index in [4.69, 9.17) is 0 Å². The van der Waals surface area contributed by atoms with Crippen LogP contribution in [0.15, 0.2) is 12.4 Å². The SMILES string of the molecule is CCCC(NCC)c1nccn1CCC. The maximum Gasteiger partial charge on any atom is 0.125 e. The molecule has 0 aromatic carbocycles. The van der Waals surface area contributed by atoms with E-state index in [9.17, 15) is 0 Å². The lowest BCUT2D eigenvalue weighted by Crippen LogP contribution is -2.24. The van der Waals surface area contributed by atoms with Gasteiger partial charge in [0.15, 0.2) is 0 Å². The predicted molar refractivity (Wildman–Crippen MR) is 63.8 cm³/mol. The third kappa shape index (κ3) is 3.34. The summed E-state index contributed by atoms with van der Waals surface area (Å²) in [6.45, 7) is 8.64. The van der Waals surface area contributed by atoms with Crippen LogP contribution in [0.1, 0.15) is 51.9 Å². The predicted octanol–water partition coefficient (Wildman–Crippen LogP) is 2.74. The van der Waals surface area contributed by atoms with Gasteiger partial charge in [0.2, 0.25) is 0 Å². The van der Waals surface area contributed by atoms with Crippen molar-refractivity contribution in [3.05, 3.63) is 18.2 Å². The molecule has 1 aromatic rings. The van der Waals surface area contributed by atoms with Crippen LogP contribution in [0.25, 0.3) is 0 Å². The minimum atomic E-state index is 0.418. The maximum absolute atomic E-state index is 4.47. The molecule has 0 radical (unpaired) electrons. The van der Waals surface area contributed by atoms with Crippen LogP contribution in [0.4, 0.5) is 0 Å². The Balaban J connectivity index is 2.74. The van der Waals surface area contributed by atoms with Crippen LogP contribution >= 0.6 is 0 Å². The average molecular weight is 209 g/mol. The van der Waals surface area contributed by atoms with E-state index in [1.807, 2.05) is 6.20 Å². The summed E-state index contributed by atoms with van der Waals surface area (Å²) >= 11 is 0. The minimum Gasteiger partial charge on any atom is -0.334 e. The molecule has 0 bridgehead atoms. The summed E-state index contributed by atoms with van der Waals surface area (Å²) in [6, 6.07) is 0.418. The van der Waals surface area contributed by atoms with Gasteiger partial charge in [-0.2, -0.15) is 0 Å². The molecule has 15 heavy (non-hydrogen) atoms. The molecule has 0 saturated carbocycles. The number of hydrogen-bond donors (Lipinski definition) is 1. The van der Waals surface area contributed by atoms with Crippen LogP contribution in [-0.4, -0.2) is 16.1 Å². The summed E-state index contributed by atoms with van der Waals surface area (Å²) in [5.41, 5.74) is 0. The first-order chi connectivity index (χ1) is 7.33. The van der Waals surface area contributed by atoms with Gasteiger partial charge in [-0.1, -0.05) is 27.2 Å². The molecule has 0 aliphatic carbocycles. The second-order valence-electron chi connectivity index (χ2n) is 3.88. The van der Waals surface area contributed by atoms with Crippen LogP contribution in [0.3, 0.4) is 0 Å². The molecule has 3 heteroatoms. The van der Waals surface area contributed by atoms with Crippen molar-refractivity contribution in [2.45, 2.75) is 52.6 Å². The summed E-state index contributed by atoms with van der Waals surface area (Å²) < 4.78 is 2.27. The Hall–Kier alpha value is -0.830. The monoisotopic (exact) mass is 209 g/mol. The standard InChI is InChI=1S/C12H23N3/c1-4-7-11(13-6-3)12-14-8-10-15(12)9-5-2/h8,10-11,13H,4-7,9H2,1-3H3. The summed E-state index contributed by atoms with van der Waals surface area (Å²) in [5.74, 6) is 1.19. The Bertz CT molecular complexity index is 262. The Morgan fingerprint density at radius 2 is 2.13 bits per heavy atom. The van der Waals surface area contributed by atoms with E-state index in [1.165, 1.54) is 12.2 Å². The topological polar surface area (TPSA) is 29.9 Å². The third-order valence-corrected chi connectivity index (χ3v) is 2.55. The van der Waals surface area contributed by atoms with Crippen molar-refractivity contribution in [2.24, 2.45) is 0 Å². The lowest BCUT2D eigenvalue weighted by atomic mass is 10.1. The molecule has 1 aromatic heterocycles. The molecule has 3 nitrogen and oxygen atoms in total. The summed E-state index contributed by atoms with van der Waals surface area (Å²) in [5, 5.41) is 3.50. The quantitative estimate of drug-likeness (QED) is 0.748. The van der Waals surface area contributed by atoms with Gasteiger partial charge >= 0.3 is 0 Å². The van der Waals surface area contributed by atoms with Crippen molar-refractivity contribution < 1.29 is 0 Å².